The van der Waals surface area contributed by atoms with E-state index in [1.54, 1.807) is 21.6 Å². The molecule has 2 fully saturated rings. The molecule has 168 valence electrons. The van der Waals surface area contributed by atoms with Gasteiger partial charge in [0, 0.05) is 42.9 Å². The normalized spacial score (nSPS) is 28.5. The van der Waals surface area contributed by atoms with Crippen molar-refractivity contribution in [3.63, 3.8) is 0 Å². The predicted octanol–water partition coefficient (Wildman–Crippen LogP) is 2.93. The van der Waals surface area contributed by atoms with Crippen LogP contribution >= 0.6 is 0 Å². The summed E-state index contributed by atoms with van der Waals surface area (Å²) in [5.74, 6) is 0.0710. The summed E-state index contributed by atoms with van der Waals surface area (Å²) in [7, 11) is -2.65. The van der Waals surface area contributed by atoms with Crippen molar-refractivity contribution >= 4 is 27.2 Å². The number of halogens is 1. The Balaban J connectivity index is 1.40. The number of amides is 2. The van der Waals surface area contributed by atoms with Crippen molar-refractivity contribution in [1.82, 2.24) is 14.3 Å². The number of nitrogens with zero attached hydrogens (tertiary/aromatic N) is 4. The number of hydrogen-bond acceptors (Lipinski definition) is 4. The minimum absolute atomic E-state index is 0.0415. The van der Waals surface area contributed by atoms with Crippen molar-refractivity contribution in [2.45, 2.75) is 40.0 Å². The van der Waals surface area contributed by atoms with Gasteiger partial charge in [-0.2, -0.15) is 4.36 Å². The molecule has 0 aromatic carbocycles. The molecule has 2 aromatic rings. The molecule has 1 aliphatic heterocycles. The van der Waals surface area contributed by atoms with E-state index >= 15 is 0 Å². The zero-order valence-electron chi connectivity index (χ0n) is 18.2. The van der Waals surface area contributed by atoms with Gasteiger partial charge in [0.05, 0.1) is 21.8 Å². The lowest BCUT2D eigenvalue weighted by Crippen LogP contribution is -2.34. The Labute approximate surface area is 182 Å². The molecule has 0 spiro atoms. The lowest BCUT2D eigenvalue weighted by Gasteiger charge is -2.19. The van der Waals surface area contributed by atoms with E-state index in [1.165, 1.54) is 12.3 Å². The molecule has 2 aromatic heterocycles. The molecule has 7 nitrogen and oxygen atoms in total. The van der Waals surface area contributed by atoms with Crippen molar-refractivity contribution in [3.8, 4) is 0 Å². The van der Waals surface area contributed by atoms with Gasteiger partial charge in [-0.25, -0.2) is 13.6 Å². The second-order valence-corrected chi connectivity index (χ2v) is 11.8. The third kappa shape index (κ3) is 4.51. The van der Waals surface area contributed by atoms with Gasteiger partial charge in [-0.3, -0.25) is 9.59 Å². The van der Waals surface area contributed by atoms with Crippen LogP contribution in [-0.4, -0.2) is 54.9 Å². The summed E-state index contributed by atoms with van der Waals surface area (Å²) in [4.78, 5) is 31.4. The molecular weight excluding hydrogens is 419 g/mol. The van der Waals surface area contributed by atoms with Gasteiger partial charge in [0.1, 0.15) is 11.5 Å². The first-order chi connectivity index (χ1) is 14.6. The molecule has 3 atom stereocenters. The van der Waals surface area contributed by atoms with E-state index < -0.39 is 9.73 Å². The summed E-state index contributed by atoms with van der Waals surface area (Å²) in [6.07, 6.45) is 4.40. The fourth-order valence-electron chi connectivity index (χ4n) is 4.27. The third-order valence-electron chi connectivity index (χ3n) is 6.87. The lowest BCUT2D eigenvalue weighted by atomic mass is 9.92. The highest BCUT2D eigenvalue weighted by atomic mass is 32.2. The topological polar surface area (TPSA) is 84.1 Å². The lowest BCUT2D eigenvalue weighted by molar-refractivity contribution is -0.130. The number of hydrogen-bond donors (Lipinski definition) is 0. The summed E-state index contributed by atoms with van der Waals surface area (Å²) in [6, 6.07) is 2.89. The standard InChI is InChI=1S/C22H29FN4O3S/c1-15(2)22(3)12-18(22)21(29)25-31(30)9-4-7-26(8-10-31)20(28)11-17-14-27-13-16(23)5-6-19(27)24-17/h5-6,13-15,18H,4,7-12H2,1-3H3. The Morgan fingerprint density at radius 2 is 2.06 bits per heavy atom. The molecule has 1 saturated heterocycles. The number of carbonyl (C=O) groups is 2. The number of fused-ring (bicyclic) bond motifs is 1. The van der Waals surface area contributed by atoms with Crippen LogP contribution in [0.2, 0.25) is 0 Å². The van der Waals surface area contributed by atoms with Gasteiger partial charge in [-0.15, -0.1) is 0 Å². The fourth-order valence-corrected chi connectivity index (χ4v) is 6.20. The maximum Gasteiger partial charge on any atom is 0.257 e. The molecule has 1 aliphatic carbocycles. The molecule has 31 heavy (non-hydrogen) atoms. The monoisotopic (exact) mass is 448 g/mol. The molecule has 0 radical (unpaired) electrons. The Bertz CT molecular complexity index is 1150. The maximum absolute atomic E-state index is 13.4. The van der Waals surface area contributed by atoms with Crippen LogP contribution in [0.5, 0.6) is 0 Å². The van der Waals surface area contributed by atoms with Gasteiger partial charge in [-0.05, 0) is 36.3 Å². The number of rotatable bonds is 4. The first kappa shape index (κ1) is 21.9. The summed E-state index contributed by atoms with van der Waals surface area (Å²) in [5, 5.41) is 0. The van der Waals surface area contributed by atoms with Crippen LogP contribution in [0, 0.1) is 23.1 Å². The van der Waals surface area contributed by atoms with E-state index in [2.05, 4.69) is 30.1 Å². The van der Waals surface area contributed by atoms with Gasteiger partial charge < -0.3 is 9.30 Å². The summed E-state index contributed by atoms with van der Waals surface area (Å²) in [5.41, 5.74) is 1.09. The SMILES string of the molecule is CC(C)C1(C)CC1C(=O)N=S1(=O)CCCN(C(=O)Cc2cn3cc(F)ccc3n2)CC1. The molecule has 2 amide bonds. The smallest absolute Gasteiger partial charge is 0.257 e. The minimum atomic E-state index is -2.65. The van der Waals surface area contributed by atoms with Crippen LogP contribution in [0.4, 0.5) is 4.39 Å². The quantitative estimate of drug-likeness (QED) is 0.720. The van der Waals surface area contributed by atoms with E-state index in [0.29, 0.717) is 42.5 Å². The molecule has 0 N–H and O–H groups in total. The molecule has 1 saturated carbocycles. The van der Waals surface area contributed by atoms with Gasteiger partial charge in [0.25, 0.3) is 5.91 Å². The molecule has 3 heterocycles. The Morgan fingerprint density at radius 3 is 2.77 bits per heavy atom. The van der Waals surface area contributed by atoms with Crippen molar-refractivity contribution in [2.75, 3.05) is 24.6 Å². The zero-order chi connectivity index (χ0) is 22.4. The van der Waals surface area contributed by atoms with Gasteiger partial charge in [-0.1, -0.05) is 20.8 Å². The van der Waals surface area contributed by atoms with Crippen LogP contribution in [0.1, 0.15) is 39.3 Å². The number of aromatic nitrogens is 2. The van der Waals surface area contributed by atoms with Gasteiger partial charge in [0.2, 0.25) is 5.91 Å². The Morgan fingerprint density at radius 1 is 1.29 bits per heavy atom. The van der Waals surface area contributed by atoms with Crippen molar-refractivity contribution in [3.05, 3.63) is 36.0 Å². The molecule has 3 unspecified atom stereocenters. The van der Waals surface area contributed by atoms with E-state index in [1.807, 2.05) is 0 Å². The molecule has 4 rings (SSSR count). The second kappa shape index (κ2) is 8.00. The van der Waals surface area contributed by atoms with Crippen LogP contribution in [0.15, 0.2) is 28.9 Å². The summed E-state index contributed by atoms with van der Waals surface area (Å²) in [6.45, 7) is 7.07. The predicted molar refractivity (Wildman–Crippen MR) is 116 cm³/mol. The largest absolute Gasteiger partial charge is 0.341 e. The fraction of sp³-hybridized carbons (Fsp3) is 0.591. The molecule has 9 heteroatoms. The zero-order valence-corrected chi connectivity index (χ0v) is 19.0. The molecule has 2 aliphatic rings. The van der Waals surface area contributed by atoms with Crippen molar-refractivity contribution in [1.29, 1.82) is 0 Å². The first-order valence-electron chi connectivity index (χ1n) is 10.8. The van der Waals surface area contributed by atoms with Crippen molar-refractivity contribution < 1.29 is 18.2 Å². The van der Waals surface area contributed by atoms with Crippen LogP contribution < -0.4 is 0 Å². The van der Waals surface area contributed by atoms with Crippen LogP contribution in [-0.2, 0) is 25.7 Å². The number of pyridine rings is 1. The molecule has 0 bridgehead atoms. The molecular formula is C22H29FN4O3S. The highest BCUT2D eigenvalue weighted by Gasteiger charge is 2.56. The average molecular weight is 449 g/mol. The third-order valence-corrected chi connectivity index (χ3v) is 9.13. The highest BCUT2D eigenvalue weighted by molar-refractivity contribution is 7.93. The Kier molecular flexibility index (Phi) is 5.66. The van der Waals surface area contributed by atoms with Crippen LogP contribution in [0.3, 0.4) is 0 Å². The van der Waals surface area contributed by atoms with E-state index in [9.17, 15) is 18.2 Å². The van der Waals surface area contributed by atoms with Gasteiger partial charge >= 0.3 is 0 Å². The Hall–Kier alpha value is -2.29. The maximum atomic E-state index is 13.4. The highest BCUT2D eigenvalue weighted by Crippen LogP contribution is 2.58. The average Bonchev–Trinajstić information content (AvgIpc) is 3.31. The number of carbonyl (C=O) groups excluding carboxylic acids is 2. The second-order valence-electron chi connectivity index (χ2n) is 9.28. The summed E-state index contributed by atoms with van der Waals surface area (Å²) < 4.78 is 32.3. The van der Waals surface area contributed by atoms with Crippen molar-refractivity contribution in [2.24, 2.45) is 21.6 Å². The first-order valence-corrected chi connectivity index (χ1v) is 12.6. The summed E-state index contributed by atoms with van der Waals surface area (Å²) >= 11 is 0. The van der Waals surface area contributed by atoms with E-state index in [4.69, 9.17) is 0 Å². The minimum Gasteiger partial charge on any atom is -0.341 e. The van der Waals surface area contributed by atoms with E-state index in [-0.39, 0.29) is 41.1 Å². The van der Waals surface area contributed by atoms with Crippen LogP contribution in [0.25, 0.3) is 5.65 Å². The number of imidazole rings is 1. The van der Waals surface area contributed by atoms with Gasteiger partial charge in [0.15, 0.2) is 0 Å². The van der Waals surface area contributed by atoms with E-state index in [0.717, 1.165) is 6.42 Å².